The molecule has 0 aliphatic rings. The second kappa shape index (κ2) is 9.62. The monoisotopic (exact) mass is 553 g/mol. The van der Waals surface area contributed by atoms with E-state index in [0.29, 0.717) is 27.5 Å². The molecule has 0 saturated heterocycles. The van der Waals surface area contributed by atoms with Crippen LogP contribution >= 0.6 is 43.5 Å². The van der Waals surface area contributed by atoms with Crippen molar-refractivity contribution in [1.82, 2.24) is 9.66 Å². The van der Waals surface area contributed by atoms with Crippen molar-refractivity contribution in [3.8, 4) is 5.75 Å². The van der Waals surface area contributed by atoms with Gasteiger partial charge in [0.05, 0.1) is 32.7 Å². The number of hydrogen-bond donors (Lipinski definition) is 0. The van der Waals surface area contributed by atoms with E-state index in [-0.39, 0.29) is 17.6 Å². The largest absolute Gasteiger partial charge is 0.488 e. The van der Waals surface area contributed by atoms with Crippen LogP contribution in [0.5, 0.6) is 5.75 Å². The zero-order valence-electron chi connectivity index (χ0n) is 17.1. The maximum Gasteiger partial charge on any atom is 0.282 e. The van der Waals surface area contributed by atoms with Crippen LogP contribution in [0.15, 0.2) is 49.2 Å². The van der Waals surface area contributed by atoms with Gasteiger partial charge < -0.3 is 4.74 Å². The van der Waals surface area contributed by atoms with Crippen LogP contribution in [-0.2, 0) is 0 Å². The molecule has 5 nitrogen and oxygen atoms in total. The Balaban J connectivity index is 2.11. The molecule has 158 valence electrons. The van der Waals surface area contributed by atoms with E-state index in [1.807, 2.05) is 39.0 Å². The lowest BCUT2D eigenvalue weighted by atomic mass is 10.1. The zero-order chi connectivity index (χ0) is 22.0. The summed E-state index contributed by atoms with van der Waals surface area (Å²) in [7, 11) is 0. The molecule has 1 aromatic heterocycles. The zero-order valence-corrected chi connectivity index (χ0v) is 21.0. The molecular formula is C22H22Br2ClN3O2. The average Bonchev–Trinajstić information content (AvgIpc) is 2.69. The number of nitrogens with zero attached hydrogens (tertiary/aromatic N) is 3. The molecule has 0 spiro atoms. The quantitative estimate of drug-likeness (QED) is 0.316. The lowest BCUT2D eigenvalue weighted by Crippen LogP contribution is -2.23. The Morgan fingerprint density at radius 3 is 2.60 bits per heavy atom. The third-order valence-corrected chi connectivity index (χ3v) is 5.95. The number of halogens is 3. The standard InChI is InChI=1S/C22H22Br2ClN3O2/c1-5-13(4)21-27-19-7-6-15(23)10-16(19)22(29)28(21)26-11-14-8-17(24)20(18(25)9-14)30-12(2)3/h6-13H,5H2,1-4H3/t13-/m1/s1. The predicted molar refractivity (Wildman–Crippen MR) is 130 cm³/mol. The second-order valence-electron chi connectivity index (χ2n) is 7.28. The summed E-state index contributed by atoms with van der Waals surface area (Å²) in [5.41, 5.74) is 1.18. The molecule has 1 heterocycles. The van der Waals surface area contributed by atoms with Crippen molar-refractivity contribution in [1.29, 1.82) is 0 Å². The Morgan fingerprint density at radius 2 is 1.97 bits per heavy atom. The topological polar surface area (TPSA) is 56.5 Å². The molecule has 0 aliphatic heterocycles. The fraction of sp³-hybridized carbons (Fsp3) is 0.318. The van der Waals surface area contributed by atoms with E-state index < -0.39 is 0 Å². The van der Waals surface area contributed by atoms with Gasteiger partial charge in [-0.05, 0) is 72.1 Å². The molecule has 0 bridgehead atoms. The summed E-state index contributed by atoms with van der Waals surface area (Å²) >= 11 is 13.3. The van der Waals surface area contributed by atoms with Crippen molar-refractivity contribution in [2.24, 2.45) is 5.10 Å². The van der Waals surface area contributed by atoms with E-state index >= 15 is 0 Å². The van der Waals surface area contributed by atoms with Gasteiger partial charge in [-0.2, -0.15) is 9.78 Å². The van der Waals surface area contributed by atoms with Crippen LogP contribution in [0.4, 0.5) is 0 Å². The molecule has 0 aliphatic carbocycles. The first-order valence-electron chi connectivity index (χ1n) is 9.63. The first-order valence-corrected chi connectivity index (χ1v) is 11.6. The molecule has 3 rings (SSSR count). The summed E-state index contributed by atoms with van der Waals surface area (Å²) in [6.07, 6.45) is 2.44. The maximum atomic E-state index is 13.2. The molecule has 0 unspecified atom stereocenters. The minimum absolute atomic E-state index is 0.00187. The van der Waals surface area contributed by atoms with Crippen molar-refractivity contribution >= 4 is 60.6 Å². The molecule has 0 radical (unpaired) electrons. The highest BCUT2D eigenvalue weighted by atomic mass is 79.9. The van der Waals surface area contributed by atoms with E-state index in [1.165, 1.54) is 4.68 Å². The van der Waals surface area contributed by atoms with Gasteiger partial charge in [0.15, 0.2) is 5.75 Å². The van der Waals surface area contributed by atoms with Crippen LogP contribution < -0.4 is 10.3 Å². The van der Waals surface area contributed by atoms with Gasteiger partial charge in [-0.1, -0.05) is 41.4 Å². The highest BCUT2D eigenvalue weighted by Gasteiger charge is 2.16. The van der Waals surface area contributed by atoms with Gasteiger partial charge >= 0.3 is 0 Å². The summed E-state index contributed by atoms with van der Waals surface area (Å²) in [5.74, 6) is 1.28. The molecule has 0 amide bonds. The highest BCUT2D eigenvalue weighted by Crippen LogP contribution is 2.35. The van der Waals surface area contributed by atoms with E-state index in [1.54, 1.807) is 18.3 Å². The van der Waals surface area contributed by atoms with Gasteiger partial charge in [-0.3, -0.25) is 4.79 Å². The van der Waals surface area contributed by atoms with Crippen molar-refractivity contribution in [2.45, 2.75) is 46.1 Å². The second-order valence-corrected chi connectivity index (χ2v) is 9.46. The lowest BCUT2D eigenvalue weighted by Gasteiger charge is -2.15. The van der Waals surface area contributed by atoms with Gasteiger partial charge in [-0.15, -0.1) is 0 Å². The van der Waals surface area contributed by atoms with Crippen LogP contribution in [0.3, 0.4) is 0 Å². The molecule has 0 N–H and O–H groups in total. The molecule has 2 aromatic carbocycles. The highest BCUT2D eigenvalue weighted by molar-refractivity contribution is 9.10. The summed E-state index contributed by atoms with van der Waals surface area (Å²) in [4.78, 5) is 17.9. The third-order valence-electron chi connectivity index (χ3n) is 4.58. The van der Waals surface area contributed by atoms with Crippen LogP contribution in [0.1, 0.15) is 51.4 Å². The van der Waals surface area contributed by atoms with Gasteiger partial charge in [0.25, 0.3) is 5.56 Å². The average molecular weight is 556 g/mol. The van der Waals surface area contributed by atoms with E-state index in [4.69, 9.17) is 21.3 Å². The Labute approximate surface area is 197 Å². The molecule has 0 saturated carbocycles. The number of hydrogen-bond acceptors (Lipinski definition) is 4. The maximum absolute atomic E-state index is 13.2. The van der Waals surface area contributed by atoms with E-state index in [0.717, 1.165) is 20.9 Å². The Hall–Kier alpha value is -1.70. The smallest absolute Gasteiger partial charge is 0.282 e. The number of aromatic nitrogens is 2. The van der Waals surface area contributed by atoms with Gasteiger partial charge in [0.1, 0.15) is 5.82 Å². The summed E-state index contributed by atoms with van der Waals surface area (Å²) in [5, 5.41) is 5.45. The number of ether oxygens (including phenoxy) is 1. The minimum atomic E-state index is -0.210. The third kappa shape index (κ3) is 4.95. The number of rotatable bonds is 6. The van der Waals surface area contributed by atoms with Crippen LogP contribution in [0, 0.1) is 0 Å². The first kappa shape index (κ1) is 23.0. The van der Waals surface area contributed by atoms with Crippen LogP contribution in [0.25, 0.3) is 10.9 Å². The summed E-state index contributed by atoms with van der Waals surface area (Å²) in [6, 6.07) is 9.09. The minimum Gasteiger partial charge on any atom is -0.488 e. The first-order chi connectivity index (χ1) is 14.2. The SMILES string of the molecule is CC[C@@H](C)c1nc2ccc(Br)cc2c(=O)n1N=Cc1cc(Cl)c(OC(C)C)c(Br)c1. The summed E-state index contributed by atoms with van der Waals surface area (Å²) < 4.78 is 8.66. The van der Waals surface area contributed by atoms with Crippen molar-refractivity contribution in [2.75, 3.05) is 0 Å². The fourth-order valence-corrected chi connectivity index (χ4v) is 4.22. The van der Waals surface area contributed by atoms with E-state index in [9.17, 15) is 4.79 Å². The van der Waals surface area contributed by atoms with Gasteiger partial charge in [0, 0.05) is 10.4 Å². The summed E-state index contributed by atoms with van der Waals surface area (Å²) in [6.45, 7) is 7.96. The molecule has 8 heteroatoms. The Bertz CT molecular complexity index is 1150. The molecule has 30 heavy (non-hydrogen) atoms. The van der Waals surface area contributed by atoms with E-state index in [2.05, 4.69) is 43.9 Å². The van der Waals surface area contributed by atoms with Crippen molar-refractivity contribution in [3.05, 3.63) is 66.0 Å². The number of fused-ring (bicyclic) bond motifs is 1. The molecule has 1 atom stereocenters. The fourth-order valence-electron chi connectivity index (χ4n) is 2.91. The lowest BCUT2D eigenvalue weighted by molar-refractivity contribution is 0.241. The Kier molecular flexibility index (Phi) is 7.37. The molecule has 3 aromatic rings. The number of benzene rings is 2. The normalized spacial score (nSPS) is 12.8. The van der Waals surface area contributed by atoms with Crippen molar-refractivity contribution in [3.63, 3.8) is 0 Å². The Morgan fingerprint density at radius 1 is 1.23 bits per heavy atom. The van der Waals surface area contributed by atoms with Gasteiger partial charge in [0.2, 0.25) is 0 Å². The van der Waals surface area contributed by atoms with Crippen LogP contribution in [-0.4, -0.2) is 22.0 Å². The molecule has 0 fully saturated rings. The van der Waals surface area contributed by atoms with Crippen LogP contribution in [0.2, 0.25) is 5.02 Å². The molecular weight excluding hydrogens is 534 g/mol. The van der Waals surface area contributed by atoms with Crippen molar-refractivity contribution < 1.29 is 4.74 Å². The predicted octanol–water partition coefficient (Wildman–Crippen LogP) is 6.76. The van der Waals surface area contributed by atoms with Gasteiger partial charge in [-0.25, -0.2) is 4.98 Å².